The highest BCUT2D eigenvalue weighted by Crippen LogP contribution is 2.31. The molecule has 0 saturated carbocycles. The smallest absolute Gasteiger partial charge is 0.262 e. The van der Waals surface area contributed by atoms with Crippen molar-refractivity contribution in [3.8, 4) is 11.5 Å². The number of anilines is 1. The Balaban J connectivity index is 2.08. The van der Waals surface area contributed by atoms with Crippen molar-refractivity contribution in [2.75, 3.05) is 19.0 Å². The van der Waals surface area contributed by atoms with Crippen LogP contribution in [0.3, 0.4) is 0 Å². The predicted molar refractivity (Wildman–Crippen MR) is 100 cm³/mol. The third-order valence-electron chi connectivity index (χ3n) is 3.53. The van der Waals surface area contributed by atoms with Crippen molar-refractivity contribution < 1.29 is 14.3 Å². The van der Waals surface area contributed by atoms with Gasteiger partial charge >= 0.3 is 0 Å². The van der Waals surface area contributed by atoms with Crippen LogP contribution in [0.5, 0.6) is 11.5 Å². The van der Waals surface area contributed by atoms with Gasteiger partial charge in [0.05, 0.1) is 12.8 Å². The molecule has 0 atom stereocenters. The second-order valence-corrected chi connectivity index (χ2v) is 6.83. The molecular weight excluding hydrogens is 394 g/mol. The van der Waals surface area contributed by atoms with Crippen LogP contribution in [0, 0.1) is 20.8 Å². The molecule has 0 heterocycles. The number of methoxy groups -OCH3 is 1. The molecule has 6 heteroatoms. The fraction of sp³-hybridized carbons (Fsp3) is 0.278. The van der Waals surface area contributed by atoms with Crippen molar-refractivity contribution in [3.05, 3.63) is 50.5 Å². The van der Waals surface area contributed by atoms with Gasteiger partial charge in [-0.15, -0.1) is 0 Å². The summed E-state index contributed by atoms with van der Waals surface area (Å²) in [5.74, 6) is 0.958. The van der Waals surface area contributed by atoms with Gasteiger partial charge in [0.15, 0.2) is 6.61 Å². The molecule has 0 aliphatic carbocycles. The summed E-state index contributed by atoms with van der Waals surface area (Å²) in [5, 5.41) is 3.38. The highest BCUT2D eigenvalue weighted by molar-refractivity contribution is 9.10. The zero-order valence-corrected chi connectivity index (χ0v) is 16.3. The Morgan fingerprint density at radius 1 is 1.12 bits per heavy atom. The molecule has 0 aromatic heterocycles. The molecule has 128 valence electrons. The van der Waals surface area contributed by atoms with E-state index in [1.807, 2.05) is 32.9 Å². The van der Waals surface area contributed by atoms with E-state index in [0.717, 1.165) is 21.2 Å². The summed E-state index contributed by atoms with van der Waals surface area (Å²) < 4.78 is 11.9. The molecule has 0 aliphatic rings. The lowest BCUT2D eigenvalue weighted by Crippen LogP contribution is -2.21. The molecule has 0 radical (unpaired) electrons. The van der Waals surface area contributed by atoms with Gasteiger partial charge in [-0.25, -0.2) is 0 Å². The average molecular weight is 413 g/mol. The normalized spacial score (nSPS) is 10.4. The van der Waals surface area contributed by atoms with E-state index < -0.39 is 0 Å². The van der Waals surface area contributed by atoms with Gasteiger partial charge in [-0.2, -0.15) is 0 Å². The topological polar surface area (TPSA) is 47.6 Å². The molecule has 0 saturated heterocycles. The molecule has 24 heavy (non-hydrogen) atoms. The standard InChI is InChI=1S/C18H19BrClNO3/c1-10-7-15(16(23-4)8-14(10)20)21-17(22)9-24-18-11(2)5-13(19)6-12(18)3/h5-8H,9H2,1-4H3,(H,21,22). The van der Waals surface area contributed by atoms with E-state index in [2.05, 4.69) is 21.2 Å². The van der Waals surface area contributed by atoms with Crippen molar-refractivity contribution in [1.82, 2.24) is 0 Å². The summed E-state index contributed by atoms with van der Waals surface area (Å²) in [4.78, 5) is 12.2. The Hall–Kier alpha value is -1.72. The first-order valence-electron chi connectivity index (χ1n) is 7.35. The highest BCUT2D eigenvalue weighted by atomic mass is 79.9. The predicted octanol–water partition coefficient (Wildman–Crippen LogP) is 5.05. The zero-order valence-electron chi connectivity index (χ0n) is 14.0. The average Bonchev–Trinajstić information content (AvgIpc) is 2.49. The molecule has 0 bridgehead atoms. The fourth-order valence-electron chi connectivity index (χ4n) is 2.38. The number of carbonyl (C=O) groups excluding carboxylic acids is 1. The lowest BCUT2D eigenvalue weighted by molar-refractivity contribution is -0.118. The molecule has 1 N–H and O–H groups in total. The van der Waals surface area contributed by atoms with Gasteiger partial charge in [-0.1, -0.05) is 27.5 Å². The van der Waals surface area contributed by atoms with E-state index in [1.54, 1.807) is 12.1 Å². The van der Waals surface area contributed by atoms with Crippen molar-refractivity contribution >= 4 is 39.1 Å². The van der Waals surface area contributed by atoms with E-state index in [1.165, 1.54) is 7.11 Å². The molecule has 2 aromatic rings. The third kappa shape index (κ3) is 4.42. The minimum Gasteiger partial charge on any atom is -0.495 e. The van der Waals surface area contributed by atoms with Gasteiger partial charge in [0.1, 0.15) is 11.5 Å². The van der Waals surface area contributed by atoms with Crippen LogP contribution < -0.4 is 14.8 Å². The first-order chi connectivity index (χ1) is 11.3. The number of rotatable bonds is 5. The maximum atomic E-state index is 12.2. The molecule has 2 aromatic carbocycles. The van der Waals surface area contributed by atoms with Gasteiger partial charge < -0.3 is 14.8 Å². The van der Waals surface area contributed by atoms with Gasteiger partial charge in [0.2, 0.25) is 0 Å². The number of ether oxygens (including phenoxy) is 2. The molecular formula is C18H19BrClNO3. The summed E-state index contributed by atoms with van der Waals surface area (Å²) in [7, 11) is 1.53. The molecule has 2 rings (SSSR count). The number of benzene rings is 2. The van der Waals surface area contributed by atoms with Crippen LogP contribution in [0.25, 0.3) is 0 Å². The summed E-state index contributed by atoms with van der Waals surface area (Å²) in [6.45, 7) is 5.66. The van der Waals surface area contributed by atoms with Crippen molar-refractivity contribution in [2.45, 2.75) is 20.8 Å². The second kappa shape index (κ2) is 7.90. The maximum Gasteiger partial charge on any atom is 0.262 e. The first kappa shape index (κ1) is 18.6. The van der Waals surface area contributed by atoms with Crippen LogP contribution in [0.4, 0.5) is 5.69 Å². The van der Waals surface area contributed by atoms with Gasteiger partial charge in [-0.05, 0) is 55.7 Å². The van der Waals surface area contributed by atoms with Crippen LogP contribution in [-0.4, -0.2) is 19.6 Å². The van der Waals surface area contributed by atoms with E-state index in [9.17, 15) is 4.79 Å². The number of halogens is 2. The molecule has 0 aliphatic heterocycles. The minimum absolute atomic E-state index is 0.0891. The van der Waals surface area contributed by atoms with Crippen LogP contribution in [0.2, 0.25) is 5.02 Å². The fourth-order valence-corrected chi connectivity index (χ4v) is 3.22. The van der Waals surface area contributed by atoms with Crippen molar-refractivity contribution in [3.63, 3.8) is 0 Å². The lowest BCUT2D eigenvalue weighted by Gasteiger charge is -2.14. The number of hydrogen-bond donors (Lipinski definition) is 1. The van der Waals surface area contributed by atoms with E-state index >= 15 is 0 Å². The molecule has 4 nitrogen and oxygen atoms in total. The summed E-state index contributed by atoms with van der Waals surface area (Å²) in [6.07, 6.45) is 0. The van der Waals surface area contributed by atoms with Crippen LogP contribution in [0.1, 0.15) is 16.7 Å². The SMILES string of the molecule is COc1cc(Cl)c(C)cc1NC(=O)COc1c(C)cc(Br)cc1C. The lowest BCUT2D eigenvalue weighted by atomic mass is 10.1. The Morgan fingerprint density at radius 2 is 1.75 bits per heavy atom. The first-order valence-corrected chi connectivity index (χ1v) is 8.52. The highest BCUT2D eigenvalue weighted by Gasteiger charge is 2.12. The number of carbonyl (C=O) groups is 1. The third-order valence-corrected chi connectivity index (χ3v) is 4.39. The van der Waals surface area contributed by atoms with E-state index in [4.69, 9.17) is 21.1 Å². The van der Waals surface area contributed by atoms with Crippen molar-refractivity contribution in [1.29, 1.82) is 0 Å². The van der Waals surface area contributed by atoms with Crippen molar-refractivity contribution in [2.24, 2.45) is 0 Å². The Kier molecular flexibility index (Phi) is 6.13. The molecule has 0 spiro atoms. The quantitative estimate of drug-likeness (QED) is 0.747. The number of nitrogens with one attached hydrogen (secondary N) is 1. The Labute approximate surface area is 155 Å². The summed E-state index contributed by atoms with van der Waals surface area (Å²) >= 11 is 9.51. The summed E-state index contributed by atoms with van der Waals surface area (Å²) in [6, 6.07) is 7.35. The van der Waals surface area contributed by atoms with Gasteiger partial charge in [0.25, 0.3) is 5.91 Å². The van der Waals surface area contributed by atoms with Crippen LogP contribution in [-0.2, 0) is 4.79 Å². The Morgan fingerprint density at radius 3 is 2.33 bits per heavy atom. The van der Waals surface area contributed by atoms with Gasteiger partial charge in [0, 0.05) is 15.6 Å². The van der Waals surface area contributed by atoms with Crippen LogP contribution in [0.15, 0.2) is 28.7 Å². The van der Waals surface area contributed by atoms with E-state index in [0.29, 0.717) is 22.2 Å². The molecule has 0 unspecified atom stereocenters. The molecule has 0 fully saturated rings. The van der Waals surface area contributed by atoms with Gasteiger partial charge in [-0.3, -0.25) is 4.79 Å². The molecule has 1 amide bonds. The van der Waals surface area contributed by atoms with E-state index in [-0.39, 0.29) is 12.5 Å². The monoisotopic (exact) mass is 411 g/mol. The number of aryl methyl sites for hydroxylation is 3. The number of amides is 1. The zero-order chi connectivity index (χ0) is 17.9. The van der Waals surface area contributed by atoms with Crippen LogP contribution >= 0.6 is 27.5 Å². The largest absolute Gasteiger partial charge is 0.495 e. The minimum atomic E-state index is -0.267. The maximum absolute atomic E-state index is 12.2. The summed E-state index contributed by atoms with van der Waals surface area (Å²) in [5.41, 5.74) is 3.36. The number of hydrogen-bond acceptors (Lipinski definition) is 3. The Bertz CT molecular complexity index is 754. The second-order valence-electron chi connectivity index (χ2n) is 5.51.